The maximum Gasteiger partial charge on any atom is 0.338 e. The van der Waals surface area contributed by atoms with Crippen LogP contribution in [0.3, 0.4) is 0 Å². The first kappa shape index (κ1) is 20.0. The molecule has 1 heterocycles. The molecule has 2 aliphatic rings. The second-order valence-corrected chi connectivity index (χ2v) is 7.28. The van der Waals surface area contributed by atoms with E-state index >= 15 is 0 Å². The average Bonchev–Trinajstić information content (AvgIpc) is 2.71. The Balaban J connectivity index is 1.87. The van der Waals surface area contributed by atoms with Crippen LogP contribution in [0, 0.1) is 5.92 Å². The average molecular weight is 388 g/mol. The molecule has 2 N–H and O–H groups in total. The summed E-state index contributed by atoms with van der Waals surface area (Å²) >= 11 is 0. The van der Waals surface area contributed by atoms with E-state index in [0.717, 1.165) is 12.8 Å². The number of nitrogens with one attached hydrogen (secondary N) is 2. The van der Waals surface area contributed by atoms with Crippen LogP contribution in [0.25, 0.3) is 0 Å². The Morgan fingerprint density at radius 3 is 2.57 bits per heavy atom. The predicted molar refractivity (Wildman–Crippen MR) is 104 cm³/mol. The van der Waals surface area contributed by atoms with E-state index in [-0.39, 0.29) is 6.03 Å². The van der Waals surface area contributed by atoms with Crippen molar-refractivity contribution in [3.63, 3.8) is 0 Å². The number of benzene rings is 1. The maximum absolute atomic E-state index is 13.0. The third-order valence-electron chi connectivity index (χ3n) is 5.41. The third-order valence-corrected chi connectivity index (χ3v) is 5.41. The second-order valence-electron chi connectivity index (χ2n) is 7.28. The van der Waals surface area contributed by atoms with Gasteiger partial charge in [0.05, 0.1) is 32.4 Å². The molecule has 7 heteroatoms. The van der Waals surface area contributed by atoms with Crippen LogP contribution < -0.4 is 20.1 Å². The fourth-order valence-corrected chi connectivity index (χ4v) is 3.89. The minimum atomic E-state index is -0.683. The molecular formula is C21H28N2O5. The summed E-state index contributed by atoms with van der Waals surface area (Å²) in [6, 6.07) is 4.22. The van der Waals surface area contributed by atoms with E-state index in [1.165, 1.54) is 19.3 Å². The number of methoxy groups -OCH3 is 2. The molecule has 1 fully saturated rings. The van der Waals surface area contributed by atoms with Crippen LogP contribution in [0.5, 0.6) is 11.5 Å². The van der Waals surface area contributed by atoms with Crippen LogP contribution in [-0.4, -0.2) is 32.8 Å². The van der Waals surface area contributed by atoms with Crippen LogP contribution >= 0.6 is 0 Å². The first-order valence-corrected chi connectivity index (χ1v) is 9.70. The molecule has 1 aromatic rings. The smallest absolute Gasteiger partial charge is 0.338 e. The zero-order valence-corrected chi connectivity index (χ0v) is 16.7. The maximum atomic E-state index is 13.0. The molecule has 0 saturated heterocycles. The molecule has 28 heavy (non-hydrogen) atoms. The summed E-state index contributed by atoms with van der Waals surface area (Å²) in [5.74, 6) is 1.15. The van der Waals surface area contributed by atoms with Crippen molar-refractivity contribution < 1.29 is 23.8 Å². The third kappa shape index (κ3) is 4.40. The van der Waals surface area contributed by atoms with E-state index in [0.29, 0.717) is 40.9 Å². The molecular weight excluding hydrogens is 360 g/mol. The van der Waals surface area contributed by atoms with Gasteiger partial charge in [-0.2, -0.15) is 0 Å². The Bertz CT molecular complexity index is 768. The predicted octanol–water partition coefficient (Wildman–Crippen LogP) is 3.46. The van der Waals surface area contributed by atoms with Crippen molar-refractivity contribution in [1.29, 1.82) is 0 Å². The van der Waals surface area contributed by atoms with Gasteiger partial charge >= 0.3 is 12.0 Å². The van der Waals surface area contributed by atoms with Gasteiger partial charge < -0.3 is 24.8 Å². The van der Waals surface area contributed by atoms with Crippen LogP contribution in [0.2, 0.25) is 0 Å². The summed E-state index contributed by atoms with van der Waals surface area (Å²) in [5.41, 5.74) is 1.50. The lowest BCUT2D eigenvalue weighted by atomic mass is 9.90. The summed E-state index contributed by atoms with van der Waals surface area (Å²) in [6.07, 6.45) is 5.81. The van der Waals surface area contributed by atoms with Gasteiger partial charge in [-0.15, -0.1) is 0 Å². The van der Waals surface area contributed by atoms with Crippen LogP contribution in [0.15, 0.2) is 29.5 Å². The first-order valence-electron chi connectivity index (χ1n) is 9.70. The minimum absolute atomic E-state index is 0.377. The van der Waals surface area contributed by atoms with E-state index < -0.39 is 12.0 Å². The number of ether oxygens (including phenoxy) is 3. The quantitative estimate of drug-likeness (QED) is 0.729. The number of hydrogen-bond donors (Lipinski definition) is 2. The number of carbonyl (C=O) groups excluding carboxylic acids is 2. The largest absolute Gasteiger partial charge is 0.497 e. The summed E-state index contributed by atoms with van der Waals surface area (Å²) in [5, 5.41) is 5.48. The highest BCUT2D eigenvalue weighted by molar-refractivity contribution is 5.95. The highest BCUT2D eigenvalue weighted by Crippen LogP contribution is 2.36. The van der Waals surface area contributed by atoms with E-state index in [1.54, 1.807) is 39.3 Å². The fraction of sp³-hybridized carbons (Fsp3) is 0.524. The standard InChI is InChI=1S/C21H28N2O5/c1-13-18(20(24)28-12-14-7-5-4-6-8-14)19(23-21(25)22-13)16-11-15(26-2)9-10-17(16)27-3/h9-11,14,19H,4-8,12H2,1-3H3,(H2,22,23,25)/t19-/m1/s1. The Morgan fingerprint density at radius 2 is 1.89 bits per heavy atom. The molecule has 7 nitrogen and oxygen atoms in total. The van der Waals surface area contributed by atoms with Crippen molar-refractivity contribution in [2.24, 2.45) is 5.92 Å². The fourth-order valence-electron chi connectivity index (χ4n) is 3.89. The molecule has 0 unspecified atom stereocenters. The Kier molecular flexibility index (Phi) is 6.44. The minimum Gasteiger partial charge on any atom is -0.497 e. The molecule has 0 radical (unpaired) electrons. The highest BCUT2D eigenvalue weighted by atomic mass is 16.5. The number of allylic oxidation sites excluding steroid dienone is 1. The molecule has 0 spiro atoms. The van der Waals surface area contributed by atoms with Gasteiger partial charge in [0, 0.05) is 11.3 Å². The summed E-state index contributed by atoms with van der Waals surface area (Å²) < 4.78 is 16.4. The van der Waals surface area contributed by atoms with E-state index in [9.17, 15) is 9.59 Å². The number of rotatable bonds is 6. The molecule has 2 amide bonds. The molecule has 1 saturated carbocycles. The number of urea groups is 1. The Labute approximate surface area is 165 Å². The van der Waals surface area contributed by atoms with Crippen molar-refractivity contribution in [2.45, 2.75) is 45.1 Å². The summed E-state index contributed by atoms with van der Waals surface area (Å²) in [4.78, 5) is 25.1. The van der Waals surface area contributed by atoms with Gasteiger partial charge in [0.1, 0.15) is 11.5 Å². The van der Waals surface area contributed by atoms with E-state index in [4.69, 9.17) is 14.2 Å². The SMILES string of the molecule is COc1ccc(OC)c([C@H]2NC(=O)NC(C)=C2C(=O)OCC2CCCCC2)c1. The summed E-state index contributed by atoms with van der Waals surface area (Å²) in [7, 11) is 3.11. The molecule has 1 aliphatic carbocycles. The van der Waals surface area contributed by atoms with E-state index in [2.05, 4.69) is 10.6 Å². The second kappa shape index (κ2) is 8.99. The van der Waals surface area contributed by atoms with E-state index in [1.807, 2.05) is 0 Å². The molecule has 1 atom stereocenters. The highest BCUT2D eigenvalue weighted by Gasteiger charge is 2.34. The Morgan fingerprint density at radius 1 is 1.14 bits per heavy atom. The molecule has 1 aliphatic heterocycles. The zero-order chi connectivity index (χ0) is 20.1. The lowest BCUT2D eigenvalue weighted by Crippen LogP contribution is -2.45. The zero-order valence-electron chi connectivity index (χ0n) is 16.7. The summed E-state index contributed by atoms with van der Waals surface area (Å²) in [6.45, 7) is 2.11. The topological polar surface area (TPSA) is 85.9 Å². The van der Waals surface area contributed by atoms with Crippen molar-refractivity contribution in [1.82, 2.24) is 10.6 Å². The number of carbonyl (C=O) groups is 2. The first-order chi connectivity index (χ1) is 13.5. The van der Waals surface area contributed by atoms with Gasteiger partial charge in [0.25, 0.3) is 0 Å². The van der Waals surface area contributed by atoms with Crippen molar-refractivity contribution >= 4 is 12.0 Å². The van der Waals surface area contributed by atoms with Crippen LogP contribution in [0.4, 0.5) is 4.79 Å². The number of hydrogen-bond acceptors (Lipinski definition) is 5. The molecule has 0 bridgehead atoms. The van der Waals surface area contributed by atoms with Gasteiger partial charge in [0.15, 0.2) is 0 Å². The monoisotopic (exact) mass is 388 g/mol. The molecule has 0 aromatic heterocycles. The van der Waals surface area contributed by atoms with Crippen LogP contribution in [0.1, 0.15) is 50.6 Å². The number of esters is 1. The lowest BCUT2D eigenvalue weighted by Gasteiger charge is -2.30. The van der Waals surface area contributed by atoms with Gasteiger partial charge in [-0.05, 0) is 43.9 Å². The van der Waals surface area contributed by atoms with Gasteiger partial charge in [-0.3, -0.25) is 0 Å². The van der Waals surface area contributed by atoms with Gasteiger partial charge in [-0.1, -0.05) is 19.3 Å². The van der Waals surface area contributed by atoms with Crippen molar-refractivity contribution in [2.75, 3.05) is 20.8 Å². The molecule has 152 valence electrons. The van der Waals surface area contributed by atoms with Crippen LogP contribution in [-0.2, 0) is 9.53 Å². The van der Waals surface area contributed by atoms with Crippen molar-refractivity contribution in [3.05, 3.63) is 35.0 Å². The lowest BCUT2D eigenvalue weighted by molar-refractivity contribution is -0.141. The normalized spacial score (nSPS) is 20.2. The van der Waals surface area contributed by atoms with Crippen molar-refractivity contribution in [3.8, 4) is 11.5 Å². The number of amides is 2. The Hall–Kier alpha value is -2.70. The molecule has 3 rings (SSSR count). The van der Waals surface area contributed by atoms with Gasteiger partial charge in [-0.25, -0.2) is 9.59 Å². The van der Waals surface area contributed by atoms with Gasteiger partial charge in [0.2, 0.25) is 0 Å². The molecule has 1 aromatic carbocycles.